The number of aromatic nitrogens is 1. The number of aromatic amines is 1. The van der Waals surface area contributed by atoms with Gasteiger partial charge in [-0.25, -0.2) is 9.80 Å². The largest absolute Gasteiger partial charge is 0.451 e. The fourth-order valence-electron chi connectivity index (χ4n) is 3.78. The van der Waals surface area contributed by atoms with E-state index in [9.17, 15) is 14.4 Å². The van der Waals surface area contributed by atoms with E-state index in [1.807, 2.05) is 35.0 Å². The quantitative estimate of drug-likeness (QED) is 0.438. The molecule has 4 heterocycles. The van der Waals surface area contributed by atoms with Crippen molar-refractivity contribution in [3.8, 4) is 0 Å². The number of thiophene rings is 2. The first-order valence-electron chi connectivity index (χ1n) is 9.70. The summed E-state index contributed by atoms with van der Waals surface area (Å²) in [7, 11) is 0. The van der Waals surface area contributed by atoms with Crippen molar-refractivity contribution in [2.45, 2.75) is 33.2 Å². The van der Waals surface area contributed by atoms with Crippen LogP contribution in [0.4, 0.5) is 0 Å². The first kappa shape index (κ1) is 21.2. The van der Waals surface area contributed by atoms with Crippen molar-refractivity contribution in [3.05, 3.63) is 67.3 Å². The summed E-state index contributed by atoms with van der Waals surface area (Å²) in [5, 5.41) is 9.90. The van der Waals surface area contributed by atoms with E-state index in [2.05, 4.69) is 10.1 Å². The van der Waals surface area contributed by atoms with Crippen molar-refractivity contribution in [2.24, 2.45) is 5.10 Å². The summed E-state index contributed by atoms with van der Waals surface area (Å²) in [6.07, 6.45) is 0.609. The number of carbonyl (C=O) groups excluding carboxylic acids is 3. The van der Waals surface area contributed by atoms with Crippen LogP contribution in [0.1, 0.15) is 61.2 Å². The zero-order chi connectivity index (χ0) is 22.1. The number of hydrogen-bond acceptors (Lipinski definition) is 7. The summed E-state index contributed by atoms with van der Waals surface area (Å²) in [6, 6.07) is 7.62. The first-order chi connectivity index (χ1) is 14.9. The average molecular weight is 456 g/mol. The van der Waals surface area contributed by atoms with Crippen molar-refractivity contribution in [2.75, 3.05) is 6.61 Å². The Kier molecular flexibility index (Phi) is 5.88. The summed E-state index contributed by atoms with van der Waals surface area (Å²) in [5.74, 6) is -1.20. The van der Waals surface area contributed by atoms with Gasteiger partial charge >= 0.3 is 5.97 Å². The Morgan fingerprint density at radius 1 is 1.19 bits per heavy atom. The molecule has 1 aliphatic heterocycles. The zero-order valence-electron chi connectivity index (χ0n) is 17.3. The van der Waals surface area contributed by atoms with Crippen LogP contribution < -0.4 is 0 Å². The molecule has 1 N–H and O–H groups in total. The number of esters is 1. The van der Waals surface area contributed by atoms with Crippen LogP contribution in [0.3, 0.4) is 0 Å². The van der Waals surface area contributed by atoms with Crippen LogP contribution in [0, 0.1) is 13.8 Å². The lowest BCUT2D eigenvalue weighted by Crippen LogP contribution is -2.31. The molecule has 3 aromatic rings. The summed E-state index contributed by atoms with van der Waals surface area (Å²) in [5.41, 5.74) is 2.63. The van der Waals surface area contributed by atoms with E-state index in [4.69, 9.17) is 4.74 Å². The number of aryl methyl sites for hydroxylation is 1. The molecule has 1 amide bonds. The molecule has 0 radical (unpaired) electrons. The van der Waals surface area contributed by atoms with Crippen LogP contribution in [-0.2, 0) is 9.53 Å². The van der Waals surface area contributed by atoms with Gasteiger partial charge in [-0.15, -0.1) is 22.7 Å². The average Bonchev–Trinajstić information content (AvgIpc) is 3.51. The third kappa shape index (κ3) is 4.11. The summed E-state index contributed by atoms with van der Waals surface area (Å²) in [6.45, 7) is 4.42. The van der Waals surface area contributed by atoms with Crippen LogP contribution in [0.5, 0.6) is 0 Å². The molecule has 1 aliphatic rings. The van der Waals surface area contributed by atoms with Crippen LogP contribution in [0.15, 0.2) is 40.1 Å². The number of rotatable bonds is 6. The van der Waals surface area contributed by atoms with Gasteiger partial charge < -0.3 is 9.72 Å². The molecule has 1 atom stereocenters. The number of hydrazone groups is 1. The van der Waals surface area contributed by atoms with E-state index >= 15 is 0 Å². The lowest BCUT2D eigenvalue weighted by molar-refractivity contribution is -0.136. The maximum Gasteiger partial charge on any atom is 0.355 e. The molecule has 160 valence electrons. The normalized spacial score (nSPS) is 15.8. The second-order valence-corrected chi connectivity index (χ2v) is 9.18. The SMILES string of the molecule is CC(=O)c1c(C)[nH]c(C(=O)OCC(=O)N2N=C(c3cccs3)CC2c2cccs2)c1C. The molecule has 0 fully saturated rings. The third-order valence-electron chi connectivity index (χ3n) is 5.16. The molecule has 1 unspecified atom stereocenters. The predicted molar refractivity (Wildman–Crippen MR) is 120 cm³/mol. The van der Waals surface area contributed by atoms with Crippen molar-refractivity contribution in [1.29, 1.82) is 0 Å². The van der Waals surface area contributed by atoms with Gasteiger partial charge in [-0.1, -0.05) is 12.1 Å². The maximum absolute atomic E-state index is 13.0. The molecule has 0 aliphatic carbocycles. The van der Waals surface area contributed by atoms with E-state index in [1.165, 1.54) is 11.9 Å². The molecule has 9 heteroatoms. The van der Waals surface area contributed by atoms with Gasteiger partial charge in [0.1, 0.15) is 5.69 Å². The fourth-order valence-corrected chi connectivity index (χ4v) is 5.31. The van der Waals surface area contributed by atoms with Gasteiger partial charge in [0, 0.05) is 22.6 Å². The van der Waals surface area contributed by atoms with Crippen molar-refractivity contribution in [3.63, 3.8) is 0 Å². The van der Waals surface area contributed by atoms with E-state index in [0.717, 1.165) is 15.5 Å². The van der Waals surface area contributed by atoms with Gasteiger partial charge in [0.25, 0.3) is 5.91 Å². The molecule has 0 saturated heterocycles. The van der Waals surface area contributed by atoms with Gasteiger partial charge in [-0.3, -0.25) is 9.59 Å². The van der Waals surface area contributed by atoms with Gasteiger partial charge in [-0.2, -0.15) is 5.10 Å². The van der Waals surface area contributed by atoms with E-state index < -0.39 is 18.5 Å². The highest BCUT2D eigenvalue weighted by Crippen LogP contribution is 2.36. The molecule has 31 heavy (non-hydrogen) atoms. The lowest BCUT2D eigenvalue weighted by atomic mass is 10.1. The summed E-state index contributed by atoms with van der Waals surface area (Å²) >= 11 is 3.14. The highest BCUT2D eigenvalue weighted by molar-refractivity contribution is 7.12. The van der Waals surface area contributed by atoms with Crippen LogP contribution in [0.25, 0.3) is 0 Å². The topological polar surface area (TPSA) is 91.8 Å². The van der Waals surface area contributed by atoms with Crippen LogP contribution >= 0.6 is 22.7 Å². The second kappa shape index (κ2) is 8.60. The predicted octanol–water partition coefficient (Wildman–Crippen LogP) is 4.49. The number of amides is 1. The molecule has 4 rings (SSSR count). The number of carbonyl (C=O) groups is 3. The Bertz CT molecular complexity index is 1160. The van der Waals surface area contributed by atoms with Crippen molar-refractivity contribution < 1.29 is 19.1 Å². The summed E-state index contributed by atoms with van der Waals surface area (Å²) in [4.78, 5) is 42.3. The summed E-state index contributed by atoms with van der Waals surface area (Å²) < 4.78 is 5.29. The van der Waals surface area contributed by atoms with E-state index in [-0.39, 0.29) is 17.5 Å². The Hall–Kier alpha value is -3.04. The van der Waals surface area contributed by atoms with E-state index in [0.29, 0.717) is 23.2 Å². The van der Waals surface area contributed by atoms with E-state index in [1.54, 1.807) is 36.5 Å². The minimum Gasteiger partial charge on any atom is -0.451 e. The number of Topliss-reactive ketones (excluding diaryl/α,β-unsaturated/α-hetero) is 1. The fraction of sp³-hybridized carbons (Fsp3) is 0.273. The lowest BCUT2D eigenvalue weighted by Gasteiger charge is -2.20. The minimum atomic E-state index is -0.671. The Morgan fingerprint density at radius 2 is 1.94 bits per heavy atom. The molecular weight excluding hydrogens is 434 g/mol. The molecule has 0 aromatic carbocycles. The Morgan fingerprint density at radius 3 is 2.55 bits per heavy atom. The van der Waals surface area contributed by atoms with Gasteiger partial charge in [-0.05, 0) is 49.2 Å². The van der Waals surface area contributed by atoms with Gasteiger partial charge in [0.2, 0.25) is 0 Å². The number of hydrogen-bond donors (Lipinski definition) is 1. The molecule has 0 saturated carbocycles. The molecule has 3 aromatic heterocycles. The highest BCUT2D eigenvalue weighted by Gasteiger charge is 2.34. The third-order valence-corrected chi connectivity index (χ3v) is 7.06. The highest BCUT2D eigenvalue weighted by atomic mass is 32.1. The first-order valence-corrected chi connectivity index (χ1v) is 11.5. The van der Waals surface area contributed by atoms with Crippen molar-refractivity contribution >= 4 is 46.0 Å². The standard InChI is InChI=1S/C22H21N3O4S2/c1-12-20(14(3)26)13(2)23-21(12)22(28)29-11-19(27)25-16(18-7-5-9-31-18)10-15(24-25)17-6-4-8-30-17/h4-9,16,23H,10-11H2,1-3H3. The smallest absolute Gasteiger partial charge is 0.355 e. The number of ether oxygens (including phenoxy) is 1. The second-order valence-electron chi connectivity index (χ2n) is 7.25. The molecule has 0 spiro atoms. The molecule has 0 bridgehead atoms. The number of ketones is 1. The van der Waals surface area contributed by atoms with Gasteiger partial charge in [0.15, 0.2) is 12.4 Å². The van der Waals surface area contributed by atoms with Gasteiger partial charge in [0.05, 0.1) is 16.6 Å². The Labute approximate surface area is 187 Å². The van der Waals surface area contributed by atoms with Crippen LogP contribution in [-0.4, -0.2) is 40.0 Å². The molecule has 7 nitrogen and oxygen atoms in total. The number of nitrogens with zero attached hydrogens (tertiary/aromatic N) is 2. The Balaban J connectivity index is 1.50. The monoisotopic (exact) mass is 455 g/mol. The zero-order valence-corrected chi connectivity index (χ0v) is 18.9. The minimum absolute atomic E-state index is 0.132. The maximum atomic E-state index is 13.0. The van der Waals surface area contributed by atoms with Crippen LogP contribution in [0.2, 0.25) is 0 Å². The number of nitrogens with one attached hydrogen (secondary N) is 1. The number of H-pyrrole nitrogens is 1. The molecular formula is C22H21N3O4S2. The van der Waals surface area contributed by atoms with Crippen molar-refractivity contribution in [1.82, 2.24) is 9.99 Å².